The SMILES string of the molecule is CC(C)(C)[C@H]1NCCc2cc(-c3nc4c(C(=O)O)cc(F)cc4[nH]3)sc21. The second kappa shape index (κ2) is 5.89. The summed E-state index contributed by atoms with van der Waals surface area (Å²) >= 11 is 1.66. The number of hydrogen-bond acceptors (Lipinski definition) is 4. The molecule has 4 rings (SSSR count). The highest BCUT2D eigenvalue weighted by molar-refractivity contribution is 7.15. The van der Waals surface area contributed by atoms with Crippen LogP contribution in [0.3, 0.4) is 0 Å². The highest BCUT2D eigenvalue weighted by Gasteiger charge is 2.32. The number of imidazole rings is 1. The summed E-state index contributed by atoms with van der Waals surface area (Å²) in [5, 5.41) is 12.9. The van der Waals surface area contributed by atoms with Crippen molar-refractivity contribution in [3.63, 3.8) is 0 Å². The Morgan fingerprint density at radius 2 is 2.12 bits per heavy atom. The van der Waals surface area contributed by atoms with E-state index >= 15 is 0 Å². The largest absolute Gasteiger partial charge is 0.478 e. The Labute approximate surface area is 154 Å². The van der Waals surface area contributed by atoms with Gasteiger partial charge in [-0.1, -0.05) is 20.8 Å². The van der Waals surface area contributed by atoms with Crippen LogP contribution in [-0.2, 0) is 6.42 Å². The van der Waals surface area contributed by atoms with Gasteiger partial charge in [0, 0.05) is 10.9 Å². The Morgan fingerprint density at radius 1 is 1.35 bits per heavy atom. The van der Waals surface area contributed by atoms with Crippen molar-refractivity contribution in [3.05, 3.63) is 40.0 Å². The average molecular weight is 373 g/mol. The molecule has 136 valence electrons. The maximum Gasteiger partial charge on any atom is 0.338 e. The zero-order valence-electron chi connectivity index (χ0n) is 14.8. The van der Waals surface area contributed by atoms with Gasteiger partial charge in [-0.05, 0) is 42.1 Å². The molecular formula is C19H20FN3O2S. The van der Waals surface area contributed by atoms with Crippen LogP contribution in [0.25, 0.3) is 21.7 Å². The van der Waals surface area contributed by atoms with E-state index in [0.717, 1.165) is 23.9 Å². The number of aromatic nitrogens is 2. The number of hydrogen-bond donors (Lipinski definition) is 3. The summed E-state index contributed by atoms with van der Waals surface area (Å²) in [6.07, 6.45) is 0.952. The van der Waals surface area contributed by atoms with Crippen molar-refractivity contribution in [1.29, 1.82) is 0 Å². The third-order valence-electron chi connectivity index (χ3n) is 4.73. The van der Waals surface area contributed by atoms with Crippen molar-refractivity contribution < 1.29 is 14.3 Å². The molecular weight excluding hydrogens is 353 g/mol. The molecule has 0 saturated carbocycles. The Kier molecular flexibility index (Phi) is 3.89. The van der Waals surface area contributed by atoms with Crippen LogP contribution in [0.2, 0.25) is 0 Å². The van der Waals surface area contributed by atoms with Crippen LogP contribution < -0.4 is 5.32 Å². The number of halogens is 1. The smallest absolute Gasteiger partial charge is 0.338 e. The molecule has 1 aliphatic heterocycles. The summed E-state index contributed by atoms with van der Waals surface area (Å²) in [6.45, 7) is 7.56. The maximum atomic E-state index is 13.7. The van der Waals surface area contributed by atoms with Gasteiger partial charge in [0.1, 0.15) is 17.2 Å². The molecule has 5 nitrogen and oxygen atoms in total. The number of fused-ring (bicyclic) bond motifs is 2. The lowest BCUT2D eigenvalue weighted by Gasteiger charge is -2.34. The third kappa shape index (κ3) is 2.81. The van der Waals surface area contributed by atoms with Gasteiger partial charge >= 0.3 is 5.97 Å². The van der Waals surface area contributed by atoms with Crippen LogP contribution >= 0.6 is 11.3 Å². The maximum absolute atomic E-state index is 13.7. The lowest BCUT2D eigenvalue weighted by Crippen LogP contribution is -2.36. The van der Waals surface area contributed by atoms with Gasteiger partial charge in [-0.25, -0.2) is 14.2 Å². The summed E-state index contributed by atoms with van der Waals surface area (Å²) in [4.78, 5) is 21.2. The molecule has 0 radical (unpaired) electrons. The van der Waals surface area contributed by atoms with E-state index in [9.17, 15) is 14.3 Å². The number of aromatic carboxylic acids is 1. The van der Waals surface area contributed by atoms with E-state index in [1.807, 2.05) is 0 Å². The van der Waals surface area contributed by atoms with E-state index in [4.69, 9.17) is 0 Å². The lowest BCUT2D eigenvalue weighted by molar-refractivity contribution is 0.0698. The molecule has 0 unspecified atom stereocenters. The number of nitrogens with one attached hydrogen (secondary N) is 2. The molecule has 7 heteroatoms. The molecule has 0 fully saturated rings. The predicted molar refractivity (Wildman–Crippen MR) is 100 cm³/mol. The monoisotopic (exact) mass is 373 g/mol. The van der Waals surface area contributed by atoms with E-state index in [2.05, 4.69) is 42.1 Å². The minimum absolute atomic E-state index is 0.0881. The first-order valence-electron chi connectivity index (χ1n) is 8.53. The summed E-state index contributed by atoms with van der Waals surface area (Å²) in [6, 6.07) is 4.68. The Hall–Kier alpha value is -2.25. The number of carboxylic acid groups (broad SMARTS) is 1. The first-order chi connectivity index (χ1) is 12.2. The first kappa shape index (κ1) is 17.2. The summed E-state index contributed by atoms with van der Waals surface area (Å²) in [5.74, 6) is -1.19. The van der Waals surface area contributed by atoms with Gasteiger partial charge in [0.05, 0.1) is 16.0 Å². The van der Waals surface area contributed by atoms with Gasteiger partial charge in [-0.15, -0.1) is 11.3 Å². The van der Waals surface area contributed by atoms with Crippen molar-refractivity contribution >= 4 is 28.3 Å². The van der Waals surface area contributed by atoms with Crippen molar-refractivity contribution in [2.45, 2.75) is 33.2 Å². The molecule has 1 aromatic carbocycles. The molecule has 0 spiro atoms. The number of H-pyrrole nitrogens is 1. The molecule has 0 aliphatic carbocycles. The third-order valence-corrected chi connectivity index (χ3v) is 5.98. The normalized spacial score (nSPS) is 17.5. The van der Waals surface area contributed by atoms with Crippen molar-refractivity contribution in [3.8, 4) is 10.7 Å². The van der Waals surface area contributed by atoms with E-state index in [1.54, 1.807) is 11.3 Å². The standard InChI is InChI=1S/C19H20FN3O2S/c1-19(2,3)16-15-9(4-5-21-16)6-13(26-15)17-22-12-8-10(20)7-11(18(24)25)14(12)23-17/h6-8,16,21H,4-5H2,1-3H3,(H,22,23)(H,24,25)/t16-/m0/s1. The van der Waals surface area contributed by atoms with Gasteiger partial charge in [0.2, 0.25) is 0 Å². The number of thiophene rings is 1. The second-order valence-electron chi connectivity index (χ2n) is 7.74. The van der Waals surface area contributed by atoms with E-state index < -0.39 is 11.8 Å². The second-order valence-corrected chi connectivity index (χ2v) is 8.83. The van der Waals surface area contributed by atoms with Crippen LogP contribution in [0.4, 0.5) is 4.39 Å². The molecule has 1 aliphatic rings. The molecule has 3 heterocycles. The Morgan fingerprint density at radius 3 is 2.81 bits per heavy atom. The highest BCUT2D eigenvalue weighted by atomic mass is 32.1. The fraction of sp³-hybridized carbons (Fsp3) is 0.368. The molecule has 0 bridgehead atoms. The summed E-state index contributed by atoms with van der Waals surface area (Å²) < 4.78 is 13.7. The zero-order valence-corrected chi connectivity index (χ0v) is 15.6. The fourth-order valence-electron chi connectivity index (χ4n) is 3.50. The number of nitrogens with zero attached hydrogens (tertiary/aromatic N) is 1. The van der Waals surface area contributed by atoms with Gasteiger partial charge in [-0.2, -0.15) is 0 Å². The van der Waals surface area contributed by atoms with Gasteiger partial charge in [-0.3, -0.25) is 0 Å². The predicted octanol–water partition coefficient (Wildman–Crippen LogP) is 4.36. The Bertz CT molecular complexity index is 1020. The lowest BCUT2D eigenvalue weighted by atomic mass is 9.82. The number of benzene rings is 1. The quantitative estimate of drug-likeness (QED) is 0.624. The van der Waals surface area contributed by atoms with Crippen molar-refractivity contribution in [1.82, 2.24) is 15.3 Å². The molecule has 3 N–H and O–H groups in total. The van der Waals surface area contributed by atoms with Crippen molar-refractivity contribution in [2.75, 3.05) is 6.54 Å². The molecule has 3 aromatic rings. The average Bonchev–Trinajstić information content (AvgIpc) is 3.15. The van der Waals surface area contributed by atoms with E-state index in [-0.39, 0.29) is 22.5 Å². The molecule has 1 atom stereocenters. The van der Waals surface area contributed by atoms with Gasteiger partial charge < -0.3 is 15.4 Å². The fourth-order valence-corrected chi connectivity index (χ4v) is 4.98. The number of carbonyl (C=O) groups is 1. The van der Waals surface area contributed by atoms with E-state index in [1.165, 1.54) is 16.5 Å². The summed E-state index contributed by atoms with van der Waals surface area (Å²) in [7, 11) is 0. The van der Waals surface area contributed by atoms with Gasteiger partial charge in [0.15, 0.2) is 0 Å². The molecule has 0 amide bonds. The van der Waals surface area contributed by atoms with Crippen LogP contribution in [0.15, 0.2) is 18.2 Å². The molecule has 2 aromatic heterocycles. The van der Waals surface area contributed by atoms with E-state index in [0.29, 0.717) is 11.3 Å². The minimum Gasteiger partial charge on any atom is -0.478 e. The van der Waals surface area contributed by atoms with Crippen molar-refractivity contribution in [2.24, 2.45) is 5.41 Å². The summed E-state index contributed by atoms with van der Waals surface area (Å²) in [5.41, 5.74) is 1.94. The number of rotatable bonds is 2. The van der Waals surface area contributed by atoms with Crippen LogP contribution in [0, 0.1) is 11.2 Å². The first-order valence-corrected chi connectivity index (χ1v) is 9.34. The minimum atomic E-state index is -1.19. The van der Waals surface area contributed by atoms with Crippen LogP contribution in [0.1, 0.15) is 47.6 Å². The highest BCUT2D eigenvalue weighted by Crippen LogP contribution is 2.43. The number of carboxylic acids is 1. The van der Waals surface area contributed by atoms with Crippen LogP contribution in [-0.4, -0.2) is 27.6 Å². The molecule has 0 saturated heterocycles. The topological polar surface area (TPSA) is 78.0 Å². The number of aromatic amines is 1. The van der Waals surface area contributed by atoms with Crippen LogP contribution in [0.5, 0.6) is 0 Å². The molecule has 26 heavy (non-hydrogen) atoms. The Balaban J connectivity index is 1.83. The van der Waals surface area contributed by atoms with Gasteiger partial charge in [0.25, 0.3) is 0 Å². The zero-order chi connectivity index (χ0) is 18.6.